The number of ether oxygens (including phenoxy) is 1. The summed E-state index contributed by atoms with van der Waals surface area (Å²) < 4.78 is 6.46. The van der Waals surface area contributed by atoms with Crippen LogP contribution in [0.15, 0.2) is 59.4 Å². The molecule has 2 N–H and O–H groups in total. The van der Waals surface area contributed by atoms with Gasteiger partial charge in [-0.2, -0.15) is 0 Å². The third kappa shape index (κ3) is 4.82. The first-order chi connectivity index (χ1) is 16.0. The lowest BCUT2D eigenvalue weighted by Crippen LogP contribution is -2.50. The maximum absolute atomic E-state index is 12.8. The van der Waals surface area contributed by atoms with Crippen LogP contribution in [0.3, 0.4) is 0 Å². The van der Waals surface area contributed by atoms with Gasteiger partial charge in [-0.15, -0.1) is 0 Å². The quantitative estimate of drug-likeness (QED) is 0.578. The first-order valence-electron chi connectivity index (χ1n) is 10.9. The van der Waals surface area contributed by atoms with Gasteiger partial charge in [0.15, 0.2) is 11.9 Å². The summed E-state index contributed by atoms with van der Waals surface area (Å²) in [6.45, 7) is 1.18. The fourth-order valence-electron chi connectivity index (χ4n) is 4.11. The molecule has 33 heavy (non-hydrogen) atoms. The second kappa shape index (κ2) is 9.72. The van der Waals surface area contributed by atoms with E-state index in [1.807, 2.05) is 35.2 Å². The molecule has 4 rings (SSSR count). The molecule has 2 heterocycles. The molecule has 9 nitrogen and oxygen atoms in total. The Morgan fingerprint density at radius 1 is 1.06 bits per heavy atom. The van der Waals surface area contributed by atoms with E-state index in [1.54, 1.807) is 35.9 Å². The van der Waals surface area contributed by atoms with Gasteiger partial charge in [0.25, 0.3) is 5.56 Å². The molecule has 1 saturated heterocycles. The van der Waals surface area contributed by atoms with Crippen molar-refractivity contribution >= 4 is 28.9 Å². The van der Waals surface area contributed by atoms with Crippen molar-refractivity contribution in [2.45, 2.75) is 24.9 Å². The van der Waals surface area contributed by atoms with Gasteiger partial charge < -0.3 is 24.8 Å². The van der Waals surface area contributed by atoms with Gasteiger partial charge in [0.05, 0.1) is 18.1 Å². The molecule has 2 aromatic carbocycles. The fraction of sp³-hybridized carbons (Fsp3) is 0.333. The number of hydrogen-bond donors (Lipinski definition) is 2. The lowest BCUT2D eigenvalue weighted by Gasteiger charge is -2.33. The molecule has 9 heteroatoms. The molecule has 2 amide bonds. The van der Waals surface area contributed by atoms with E-state index >= 15 is 0 Å². The van der Waals surface area contributed by atoms with Crippen LogP contribution in [0.25, 0.3) is 11.0 Å². The Kier molecular flexibility index (Phi) is 6.58. The summed E-state index contributed by atoms with van der Waals surface area (Å²) in [5, 5.41) is 5.64. The number of aromatic nitrogens is 2. The van der Waals surface area contributed by atoms with E-state index < -0.39 is 18.0 Å². The molecule has 0 aliphatic carbocycles. The number of nitrogens with zero attached hydrogens (tertiary/aromatic N) is 3. The molecule has 0 spiro atoms. The minimum Gasteiger partial charge on any atom is -0.467 e. The number of carbonyl (C=O) groups is 2. The van der Waals surface area contributed by atoms with Crippen LogP contribution in [0.5, 0.6) is 0 Å². The molecule has 1 aliphatic rings. The summed E-state index contributed by atoms with van der Waals surface area (Å²) in [5.74, 6) is -0.113. The Balaban J connectivity index is 1.39. The van der Waals surface area contributed by atoms with Crippen LogP contribution in [-0.2, 0) is 16.6 Å². The number of urea groups is 1. The third-order valence-electron chi connectivity index (χ3n) is 5.94. The predicted molar refractivity (Wildman–Crippen MR) is 125 cm³/mol. The summed E-state index contributed by atoms with van der Waals surface area (Å²) in [6.07, 6.45) is 1.30. The summed E-state index contributed by atoms with van der Waals surface area (Å²) in [7, 11) is 3.04. The lowest BCUT2D eigenvalue weighted by molar-refractivity contribution is -0.143. The molecule has 0 saturated carbocycles. The third-order valence-corrected chi connectivity index (χ3v) is 5.94. The minimum atomic E-state index is -0.888. The first-order valence-corrected chi connectivity index (χ1v) is 10.9. The molecule has 0 unspecified atom stereocenters. The number of benzene rings is 2. The van der Waals surface area contributed by atoms with Gasteiger partial charge in [-0.05, 0) is 30.5 Å². The highest BCUT2D eigenvalue weighted by Gasteiger charge is 2.27. The van der Waals surface area contributed by atoms with Gasteiger partial charge in [-0.3, -0.25) is 4.79 Å². The van der Waals surface area contributed by atoms with Crippen molar-refractivity contribution in [2.75, 3.05) is 25.1 Å². The van der Waals surface area contributed by atoms with Crippen molar-refractivity contribution in [2.24, 2.45) is 7.05 Å². The zero-order valence-electron chi connectivity index (χ0n) is 18.7. The lowest BCUT2D eigenvalue weighted by atomic mass is 10.0. The molecule has 3 aromatic rings. The normalized spacial score (nSPS) is 15.2. The average Bonchev–Trinajstić information content (AvgIpc) is 2.85. The van der Waals surface area contributed by atoms with Crippen LogP contribution in [0, 0.1) is 0 Å². The zero-order valence-corrected chi connectivity index (χ0v) is 18.7. The van der Waals surface area contributed by atoms with Gasteiger partial charge in [0, 0.05) is 26.2 Å². The molecule has 1 atom stereocenters. The number of rotatable bonds is 5. The number of hydrogen-bond acceptors (Lipinski definition) is 6. The first kappa shape index (κ1) is 22.3. The number of methoxy groups -OCH3 is 1. The van der Waals surface area contributed by atoms with E-state index in [4.69, 9.17) is 4.74 Å². The van der Waals surface area contributed by atoms with E-state index in [1.165, 1.54) is 7.11 Å². The van der Waals surface area contributed by atoms with Crippen LogP contribution in [-0.4, -0.2) is 47.8 Å². The van der Waals surface area contributed by atoms with Crippen LogP contribution >= 0.6 is 0 Å². The number of amides is 2. The Morgan fingerprint density at radius 2 is 1.73 bits per heavy atom. The van der Waals surface area contributed by atoms with Gasteiger partial charge in [-0.25, -0.2) is 14.6 Å². The zero-order chi connectivity index (χ0) is 23.4. The fourth-order valence-corrected chi connectivity index (χ4v) is 4.11. The Hall–Kier alpha value is -3.88. The number of piperidine rings is 1. The van der Waals surface area contributed by atoms with E-state index in [0.29, 0.717) is 37.3 Å². The topological polar surface area (TPSA) is 106 Å². The van der Waals surface area contributed by atoms with E-state index in [0.717, 1.165) is 11.0 Å². The highest BCUT2D eigenvalue weighted by atomic mass is 16.5. The Morgan fingerprint density at radius 3 is 2.42 bits per heavy atom. The van der Waals surface area contributed by atoms with Crippen LogP contribution in [0.1, 0.15) is 24.4 Å². The number of para-hydroxylation sites is 2. The number of aryl methyl sites for hydroxylation is 1. The Labute approximate surface area is 191 Å². The smallest absolute Gasteiger partial charge is 0.333 e. The maximum atomic E-state index is 12.8. The summed E-state index contributed by atoms with van der Waals surface area (Å²) in [5.41, 5.74) is 2.07. The summed E-state index contributed by atoms with van der Waals surface area (Å²) in [4.78, 5) is 44.2. The molecule has 1 aliphatic heterocycles. The molecule has 0 radical (unpaired) electrons. The molecular formula is C24H27N5O4. The van der Waals surface area contributed by atoms with Crippen LogP contribution in [0.4, 0.5) is 10.6 Å². The minimum absolute atomic E-state index is 0.0837. The van der Waals surface area contributed by atoms with Crippen LogP contribution in [0.2, 0.25) is 0 Å². The average molecular weight is 450 g/mol. The SMILES string of the molecule is COC(=O)[C@@H](NC(=O)NC1CCN(c2nc3ccccc3n(C)c2=O)CC1)c1ccccc1. The van der Waals surface area contributed by atoms with Crippen molar-refractivity contribution in [1.82, 2.24) is 20.2 Å². The summed E-state index contributed by atoms with van der Waals surface area (Å²) in [6, 6.07) is 15.1. The highest BCUT2D eigenvalue weighted by molar-refractivity contribution is 5.84. The molecule has 1 aromatic heterocycles. The largest absolute Gasteiger partial charge is 0.467 e. The highest BCUT2D eigenvalue weighted by Crippen LogP contribution is 2.19. The molecule has 0 bridgehead atoms. The summed E-state index contributed by atoms with van der Waals surface area (Å²) >= 11 is 0. The van der Waals surface area contributed by atoms with Crippen molar-refractivity contribution in [1.29, 1.82) is 0 Å². The van der Waals surface area contributed by atoms with Gasteiger partial charge in [-0.1, -0.05) is 42.5 Å². The van der Waals surface area contributed by atoms with Crippen molar-refractivity contribution in [3.05, 3.63) is 70.5 Å². The van der Waals surface area contributed by atoms with Crippen molar-refractivity contribution < 1.29 is 14.3 Å². The van der Waals surface area contributed by atoms with Gasteiger partial charge in [0.2, 0.25) is 0 Å². The number of esters is 1. The predicted octanol–water partition coefficient (Wildman–Crippen LogP) is 2.12. The second-order valence-corrected chi connectivity index (χ2v) is 8.03. The van der Waals surface area contributed by atoms with Crippen molar-refractivity contribution in [3.63, 3.8) is 0 Å². The standard InChI is InChI=1S/C24H27N5O4/c1-28-19-11-7-6-10-18(19)26-21(22(28)30)29-14-12-17(13-15-29)25-24(32)27-20(23(31)33-2)16-8-4-3-5-9-16/h3-11,17,20H,12-15H2,1-2H3,(H2,25,27,32)/t20-/m0/s1. The maximum Gasteiger partial charge on any atom is 0.333 e. The number of anilines is 1. The second-order valence-electron chi connectivity index (χ2n) is 8.03. The molecule has 172 valence electrons. The Bertz CT molecular complexity index is 1200. The monoisotopic (exact) mass is 449 g/mol. The van der Waals surface area contributed by atoms with Gasteiger partial charge >= 0.3 is 12.0 Å². The van der Waals surface area contributed by atoms with E-state index in [-0.39, 0.29) is 11.6 Å². The van der Waals surface area contributed by atoms with E-state index in [9.17, 15) is 14.4 Å². The number of carbonyl (C=O) groups excluding carboxylic acids is 2. The molecular weight excluding hydrogens is 422 g/mol. The van der Waals surface area contributed by atoms with Crippen molar-refractivity contribution in [3.8, 4) is 0 Å². The number of fused-ring (bicyclic) bond motifs is 1. The molecule has 1 fully saturated rings. The number of nitrogens with one attached hydrogen (secondary N) is 2. The van der Waals surface area contributed by atoms with E-state index in [2.05, 4.69) is 15.6 Å². The van der Waals surface area contributed by atoms with Gasteiger partial charge in [0.1, 0.15) is 0 Å². The van der Waals surface area contributed by atoms with Crippen LogP contribution < -0.4 is 21.1 Å².